The van der Waals surface area contributed by atoms with Gasteiger partial charge in [-0.05, 0) is 34.5 Å². The molecule has 1 aliphatic heterocycles. The fourth-order valence-corrected chi connectivity index (χ4v) is 2.82. The Bertz CT molecular complexity index is 774. The van der Waals surface area contributed by atoms with E-state index >= 15 is 0 Å². The molecule has 0 saturated carbocycles. The van der Waals surface area contributed by atoms with Crippen LogP contribution in [0.1, 0.15) is 12.0 Å². The van der Waals surface area contributed by atoms with E-state index in [-0.39, 0.29) is 6.54 Å². The van der Waals surface area contributed by atoms with Crippen LogP contribution >= 0.6 is 0 Å². The molecule has 0 bridgehead atoms. The molecule has 3 rings (SSSR count). The van der Waals surface area contributed by atoms with E-state index in [9.17, 15) is 13.2 Å². The lowest BCUT2D eigenvalue weighted by atomic mass is 10.1. The summed E-state index contributed by atoms with van der Waals surface area (Å²) in [5.41, 5.74) is 1.04. The van der Waals surface area contributed by atoms with Crippen molar-refractivity contribution in [2.24, 2.45) is 4.99 Å². The molecule has 0 aromatic heterocycles. The van der Waals surface area contributed by atoms with Gasteiger partial charge in [0.05, 0.1) is 20.1 Å². The molecule has 0 saturated heterocycles. The van der Waals surface area contributed by atoms with E-state index in [2.05, 4.69) is 16.4 Å². The van der Waals surface area contributed by atoms with Crippen LogP contribution in [0.3, 0.4) is 0 Å². The zero-order chi connectivity index (χ0) is 17.9. The van der Waals surface area contributed by atoms with E-state index in [1.807, 2.05) is 30.3 Å². The van der Waals surface area contributed by atoms with Crippen LogP contribution in [0.25, 0.3) is 10.8 Å². The molecule has 0 unspecified atom stereocenters. The summed E-state index contributed by atoms with van der Waals surface area (Å²) in [6.45, 7) is 1.50. The average molecular weight is 351 g/mol. The summed E-state index contributed by atoms with van der Waals surface area (Å²) in [7, 11) is 1.63. The molecular formula is C18H20F3N3O. The minimum Gasteiger partial charge on any atom is -0.497 e. The molecule has 25 heavy (non-hydrogen) atoms. The number of ether oxygens (including phenoxy) is 1. The number of nitrogens with one attached hydrogen (secondary N) is 1. The first-order valence-electron chi connectivity index (χ1n) is 8.11. The summed E-state index contributed by atoms with van der Waals surface area (Å²) in [5, 5.41) is 5.32. The van der Waals surface area contributed by atoms with Gasteiger partial charge in [-0.25, -0.2) is 0 Å². The summed E-state index contributed by atoms with van der Waals surface area (Å²) in [4.78, 5) is 5.92. The number of fused-ring (bicyclic) bond motifs is 1. The van der Waals surface area contributed by atoms with Crippen LogP contribution in [0.2, 0.25) is 0 Å². The van der Waals surface area contributed by atoms with E-state index in [0.29, 0.717) is 25.6 Å². The lowest BCUT2D eigenvalue weighted by Crippen LogP contribution is -2.39. The first-order valence-corrected chi connectivity index (χ1v) is 8.11. The lowest BCUT2D eigenvalue weighted by molar-refractivity contribution is -0.136. The average Bonchev–Trinajstić information content (AvgIpc) is 3.04. The van der Waals surface area contributed by atoms with Crippen molar-refractivity contribution in [3.63, 3.8) is 0 Å². The van der Waals surface area contributed by atoms with Gasteiger partial charge in [0, 0.05) is 19.6 Å². The highest BCUT2D eigenvalue weighted by atomic mass is 19.4. The number of halogens is 3. The van der Waals surface area contributed by atoms with Crippen molar-refractivity contribution < 1.29 is 17.9 Å². The van der Waals surface area contributed by atoms with Gasteiger partial charge in [-0.15, -0.1) is 0 Å². The number of hydrogen-bond acceptors (Lipinski definition) is 4. The van der Waals surface area contributed by atoms with Crippen LogP contribution in [-0.2, 0) is 6.54 Å². The third kappa shape index (κ3) is 4.55. The molecule has 0 fully saturated rings. The Morgan fingerprint density at radius 1 is 1.16 bits per heavy atom. The standard InChI is InChI=1S/C18H20F3N3O/c1-25-16-5-4-14-10-13(2-3-15(14)11-16)12-23-17-22-7-9-24(17)8-6-18(19,20)21/h2-5,10-11H,6-9,12H2,1H3,(H,22,23). The summed E-state index contributed by atoms with van der Waals surface area (Å²) < 4.78 is 42.4. The lowest BCUT2D eigenvalue weighted by Gasteiger charge is -2.21. The summed E-state index contributed by atoms with van der Waals surface area (Å²) in [5.74, 6) is 1.35. The monoisotopic (exact) mass is 351 g/mol. The minimum atomic E-state index is -4.15. The maximum Gasteiger partial charge on any atom is 0.390 e. The second kappa shape index (κ2) is 7.21. The highest BCUT2D eigenvalue weighted by Gasteiger charge is 2.29. The molecule has 2 aromatic carbocycles. The van der Waals surface area contributed by atoms with Gasteiger partial charge >= 0.3 is 6.18 Å². The third-order valence-electron chi connectivity index (χ3n) is 4.16. The quantitative estimate of drug-likeness (QED) is 0.895. The van der Waals surface area contributed by atoms with Crippen LogP contribution in [-0.4, -0.2) is 43.8 Å². The Morgan fingerprint density at radius 2 is 1.92 bits per heavy atom. The molecule has 134 valence electrons. The Labute approximate surface area is 144 Å². The van der Waals surface area contributed by atoms with Crippen LogP contribution in [0, 0.1) is 0 Å². The van der Waals surface area contributed by atoms with Crippen LogP contribution in [0.5, 0.6) is 5.75 Å². The number of alkyl halides is 3. The molecule has 4 nitrogen and oxygen atoms in total. The predicted octanol–water partition coefficient (Wildman–Crippen LogP) is 3.56. The molecule has 7 heteroatoms. The molecular weight excluding hydrogens is 331 g/mol. The van der Waals surface area contributed by atoms with Crippen molar-refractivity contribution in [3.05, 3.63) is 42.0 Å². The second-order valence-corrected chi connectivity index (χ2v) is 5.96. The molecule has 0 aliphatic carbocycles. The van der Waals surface area contributed by atoms with Crippen molar-refractivity contribution in [1.82, 2.24) is 10.2 Å². The van der Waals surface area contributed by atoms with Crippen LogP contribution in [0.15, 0.2) is 41.4 Å². The molecule has 1 N–H and O–H groups in total. The summed E-state index contributed by atoms with van der Waals surface area (Å²) in [6, 6.07) is 11.9. The Balaban J connectivity index is 1.62. The zero-order valence-corrected chi connectivity index (χ0v) is 13.9. The van der Waals surface area contributed by atoms with Crippen LogP contribution < -0.4 is 10.1 Å². The zero-order valence-electron chi connectivity index (χ0n) is 13.9. The van der Waals surface area contributed by atoms with Crippen molar-refractivity contribution in [2.45, 2.75) is 19.1 Å². The van der Waals surface area contributed by atoms with Crippen LogP contribution in [0.4, 0.5) is 13.2 Å². The molecule has 0 radical (unpaired) electrons. The van der Waals surface area contributed by atoms with Gasteiger partial charge in [0.2, 0.25) is 0 Å². The Kier molecular flexibility index (Phi) is 5.01. The van der Waals surface area contributed by atoms with Crippen molar-refractivity contribution >= 4 is 16.7 Å². The van der Waals surface area contributed by atoms with E-state index < -0.39 is 12.6 Å². The maximum atomic E-state index is 12.4. The summed E-state index contributed by atoms with van der Waals surface area (Å²) >= 11 is 0. The molecule has 0 spiro atoms. The second-order valence-electron chi connectivity index (χ2n) is 5.96. The maximum absolute atomic E-state index is 12.4. The van der Waals surface area contributed by atoms with Gasteiger partial charge < -0.3 is 15.0 Å². The number of hydrogen-bond donors (Lipinski definition) is 1. The number of methoxy groups -OCH3 is 1. The normalized spacial score (nSPS) is 14.7. The number of benzene rings is 2. The smallest absolute Gasteiger partial charge is 0.390 e. The Hall–Kier alpha value is -2.44. The van der Waals surface area contributed by atoms with Gasteiger partial charge in [-0.2, -0.15) is 13.2 Å². The first kappa shape index (κ1) is 17.4. The fraction of sp³-hybridized carbons (Fsp3) is 0.389. The van der Waals surface area contributed by atoms with Gasteiger partial charge in [0.15, 0.2) is 5.96 Å². The van der Waals surface area contributed by atoms with E-state index in [4.69, 9.17) is 4.74 Å². The molecule has 1 heterocycles. The van der Waals surface area contributed by atoms with Crippen molar-refractivity contribution in [1.29, 1.82) is 0 Å². The number of rotatable bonds is 5. The third-order valence-corrected chi connectivity index (χ3v) is 4.16. The predicted molar refractivity (Wildman–Crippen MR) is 91.9 cm³/mol. The molecule has 1 aliphatic rings. The summed E-state index contributed by atoms with van der Waals surface area (Å²) in [6.07, 6.45) is -4.97. The van der Waals surface area contributed by atoms with E-state index in [0.717, 1.165) is 22.1 Å². The number of nitrogens with zero attached hydrogens (tertiary/aromatic N) is 2. The molecule has 0 amide bonds. The fourth-order valence-electron chi connectivity index (χ4n) is 2.82. The highest BCUT2D eigenvalue weighted by molar-refractivity contribution is 5.85. The van der Waals surface area contributed by atoms with Crippen molar-refractivity contribution in [2.75, 3.05) is 26.7 Å². The van der Waals surface area contributed by atoms with Gasteiger partial charge in [0.1, 0.15) is 5.75 Å². The minimum absolute atomic E-state index is 0.0627. The topological polar surface area (TPSA) is 36.9 Å². The van der Waals surface area contributed by atoms with Gasteiger partial charge in [-0.1, -0.05) is 18.2 Å². The van der Waals surface area contributed by atoms with E-state index in [1.165, 1.54) is 0 Å². The number of guanidine groups is 1. The van der Waals surface area contributed by atoms with E-state index in [1.54, 1.807) is 12.0 Å². The highest BCUT2D eigenvalue weighted by Crippen LogP contribution is 2.22. The molecule has 0 atom stereocenters. The largest absolute Gasteiger partial charge is 0.497 e. The van der Waals surface area contributed by atoms with Gasteiger partial charge in [0.25, 0.3) is 0 Å². The molecule has 2 aromatic rings. The number of aliphatic imine (C=N–C) groups is 1. The first-order chi connectivity index (χ1) is 11.9. The Morgan fingerprint density at radius 3 is 2.68 bits per heavy atom. The van der Waals surface area contributed by atoms with Gasteiger partial charge in [-0.3, -0.25) is 4.99 Å². The van der Waals surface area contributed by atoms with Crippen molar-refractivity contribution in [3.8, 4) is 5.75 Å². The SMILES string of the molecule is COc1ccc2cc(CNC3=NCCN3CCC(F)(F)F)ccc2c1.